The number of hydrogen-bond acceptors (Lipinski definition) is 6. The van der Waals surface area contributed by atoms with E-state index in [-0.39, 0.29) is 30.6 Å². The van der Waals surface area contributed by atoms with Crippen LogP contribution in [0.15, 0.2) is 60.8 Å². The number of alkyl halides is 3. The third-order valence-corrected chi connectivity index (χ3v) is 4.38. The first-order chi connectivity index (χ1) is 15.8. The van der Waals surface area contributed by atoms with E-state index < -0.39 is 12.3 Å². The number of hydrogen-bond donors (Lipinski definition) is 1. The molecule has 0 saturated carbocycles. The van der Waals surface area contributed by atoms with Crippen LogP contribution in [-0.4, -0.2) is 39.8 Å². The molecule has 1 amide bonds. The second-order valence-corrected chi connectivity index (χ2v) is 6.95. The van der Waals surface area contributed by atoms with Crippen molar-refractivity contribution in [3.8, 4) is 5.75 Å². The predicted molar refractivity (Wildman–Crippen MR) is 110 cm³/mol. The van der Waals surface area contributed by atoms with Crippen LogP contribution in [0.3, 0.4) is 0 Å². The number of rotatable bonds is 10. The SMILES string of the molecule is O=C(OCCCCn1cc(C(=O)NCc2cccc(OC(F)(F)F)c2)nn1)c1ccccc1. The summed E-state index contributed by atoms with van der Waals surface area (Å²) in [5.41, 5.74) is 1.000. The Kier molecular flexibility index (Phi) is 8.01. The first-order valence-electron chi connectivity index (χ1n) is 10.1. The van der Waals surface area contributed by atoms with Gasteiger partial charge in [-0.15, -0.1) is 18.3 Å². The van der Waals surface area contributed by atoms with Gasteiger partial charge in [-0.25, -0.2) is 4.79 Å². The largest absolute Gasteiger partial charge is 0.573 e. The average Bonchev–Trinajstić information content (AvgIpc) is 3.26. The van der Waals surface area contributed by atoms with E-state index in [0.717, 1.165) is 0 Å². The van der Waals surface area contributed by atoms with Gasteiger partial charge in [-0.3, -0.25) is 9.48 Å². The van der Waals surface area contributed by atoms with Gasteiger partial charge in [-0.2, -0.15) is 0 Å². The fraction of sp³-hybridized carbons (Fsp3) is 0.273. The maximum atomic E-state index is 12.3. The van der Waals surface area contributed by atoms with Gasteiger partial charge in [0, 0.05) is 13.1 Å². The topological polar surface area (TPSA) is 95.3 Å². The summed E-state index contributed by atoms with van der Waals surface area (Å²) in [6.07, 6.45) is -2.06. The van der Waals surface area contributed by atoms with E-state index in [9.17, 15) is 22.8 Å². The van der Waals surface area contributed by atoms with Crippen LogP contribution in [0.4, 0.5) is 13.2 Å². The molecule has 1 aromatic heterocycles. The molecule has 0 spiro atoms. The number of halogens is 3. The molecule has 3 rings (SSSR count). The number of aromatic nitrogens is 3. The Balaban J connectivity index is 1.38. The molecular formula is C22H21F3N4O4. The van der Waals surface area contributed by atoms with Crippen molar-refractivity contribution in [2.24, 2.45) is 0 Å². The van der Waals surface area contributed by atoms with Gasteiger partial charge in [-0.1, -0.05) is 35.5 Å². The highest BCUT2D eigenvalue weighted by Gasteiger charge is 2.31. The zero-order chi connectivity index (χ0) is 23.7. The Bertz CT molecular complexity index is 1070. The lowest BCUT2D eigenvalue weighted by Crippen LogP contribution is -2.23. The summed E-state index contributed by atoms with van der Waals surface area (Å²) in [6.45, 7) is 0.723. The molecule has 3 aromatic rings. The number of nitrogens with zero attached hydrogens (tertiary/aromatic N) is 3. The molecule has 0 aliphatic heterocycles. The summed E-state index contributed by atoms with van der Waals surface area (Å²) >= 11 is 0. The first-order valence-corrected chi connectivity index (χ1v) is 10.1. The fourth-order valence-electron chi connectivity index (χ4n) is 2.84. The van der Waals surface area contributed by atoms with Gasteiger partial charge >= 0.3 is 12.3 Å². The van der Waals surface area contributed by atoms with E-state index in [4.69, 9.17) is 4.74 Å². The summed E-state index contributed by atoms with van der Waals surface area (Å²) < 4.78 is 47.5. The molecule has 11 heteroatoms. The zero-order valence-corrected chi connectivity index (χ0v) is 17.4. The van der Waals surface area contributed by atoms with Crippen LogP contribution >= 0.6 is 0 Å². The van der Waals surface area contributed by atoms with E-state index in [1.165, 1.54) is 29.1 Å². The fourth-order valence-corrected chi connectivity index (χ4v) is 2.84. The lowest BCUT2D eigenvalue weighted by atomic mass is 10.2. The van der Waals surface area contributed by atoms with Gasteiger partial charge in [0.25, 0.3) is 5.91 Å². The van der Waals surface area contributed by atoms with Crippen molar-refractivity contribution in [2.75, 3.05) is 6.61 Å². The number of aryl methyl sites for hydroxylation is 1. The van der Waals surface area contributed by atoms with E-state index in [1.54, 1.807) is 30.3 Å². The summed E-state index contributed by atoms with van der Waals surface area (Å²) in [5.74, 6) is -1.26. The molecule has 0 radical (unpaired) electrons. The maximum absolute atomic E-state index is 12.3. The molecule has 8 nitrogen and oxygen atoms in total. The van der Waals surface area contributed by atoms with Gasteiger partial charge in [0.15, 0.2) is 5.69 Å². The van der Waals surface area contributed by atoms with Gasteiger partial charge in [0.2, 0.25) is 0 Å². The zero-order valence-electron chi connectivity index (χ0n) is 17.4. The summed E-state index contributed by atoms with van der Waals surface area (Å²) in [7, 11) is 0. The summed E-state index contributed by atoms with van der Waals surface area (Å²) in [6, 6.07) is 14.0. The van der Waals surface area contributed by atoms with Crippen molar-refractivity contribution < 1.29 is 32.2 Å². The highest BCUT2D eigenvalue weighted by atomic mass is 19.4. The molecule has 2 aromatic carbocycles. The molecule has 174 valence electrons. The molecule has 0 aliphatic carbocycles. The minimum absolute atomic E-state index is 0.00642. The molecule has 0 bridgehead atoms. The van der Waals surface area contributed by atoms with E-state index in [2.05, 4.69) is 20.4 Å². The van der Waals surface area contributed by atoms with Gasteiger partial charge in [-0.05, 0) is 42.7 Å². The molecule has 1 heterocycles. The number of amides is 1. The third-order valence-electron chi connectivity index (χ3n) is 4.38. The van der Waals surface area contributed by atoms with Crippen molar-refractivity contribution in [2.45, 2.75) is 32.3 Å². The van der Waals surface area contributed by atoms with E-state index in [0.29, 0.717) is 30.5 Å². The van der Waals surface area contributed by atoms with Crippen LogP contribution in [0, 0.1) is 0 Å². The predicted octanol–water partition coefficient (Wildman–Crippen LogP) is 3.74. The molecule has 0 fully saturated rings. The number of carbonyl (C=O) groups excluding carboxylic acids is 2. The first kappa shape index (κ1) is 23.8. The Hall–Kier alpha value is -3.89. The van der Waals surface area contributed by atoms with Crippen LogP contribution < -0.4 is 10.1 Å². The second kappa shape index (κ2) is 11.1. The molecule has 0 saturated heterocycles. The average molecular weight is 462 g/mol. The van der Waals surface area contributed by atoms with Crippen molar-refractivity contribution in [1.29, 1.82) is 0 Å². The molecule has 33 heavy (non-hydrogen) atoms. The van der Waals surface area contributed by atoms with Gasteiger partial charge in [0.1, 0.15) is 5.75 Å². The molecule has 0 aliphatic rings. The van der Waals surface area contributed by atoms with Crippen molar-refractivity contribution in [3.63, 3.8) is 0 Å². The normalized spacial score (nSPS) is 11.1. The highest BCUT2D eigenvalue weighted by Crippen LogP contribution is 2.23. The quantitative estimate of drug-likeness (QED) is 0.364. The highest BCUT2D eigenvalue weighted by molar-refractivity contribution is 5.91. The number of ether oxygens (including phenoxy) is 2. The Morgan fingerprint density at radius 1 is 1.03 bits per heavy atom. The minimum Gasteiger partial charge on any atom is -0.462 e. The van der Waals surface area contributed by atoms with Gasteiger partial charge in [0.05, 0.1) is 18.4 Å². The van der Waals surface area contributed by atoms with Crippen LogP contribution in [0.25, 0.3) is 0 Å². The van der Waals surface area contributed by atoms with E-state index >= 15 is 0 Å². The van der Waals surface area contributed by atoms with E-state index in [1.807, 2.05) is 6.07 Å². The minimum atomic E-state index is -4.79. The van der Waals surface area contributed by atoms with Crippen molar-refractivity contribution in [1.82, 2.24) is 20.3 Å². The second-order valence-electron chi connectivity index (χ2n) is 6.95. The lowest BCUT2D eigenvalue weighted by molar-refractivity contribution is -0.274. The molecular weight excluding hydrogens is 441 g/mol. The summed E-state index contributed by atoms with van der Waals surface area (Å²) in [4.78, 5) is 24.1. The summed E-state index contributed by atoms with van der Waals surface area (Å²) in [5, 5.41) is 10.3. The lowest BCUT2D eigenvalue weighted by Gasteiger charge is -2.10. The van der Waals surface area contributed by atoms with Crippen molar-refractivity contribution in [3.05, 3.63) is 77.6 Å². The standard InChI is InChI=1S/C22H21F3N4O4/c23-22(24,25)33-18-10-6-7-16(13-18)14-26-20(30)19-15-29(28-27-19)11-4-5-12-32-21(31)17-8-2-1-3-9-17/h1-3,6-10,13,15H,4-5,11-12,14H2,(H,26,30). The number of nitrogens with one attached hydrogen (secondary N) is 1. The van der Waals surface area contributed by atoms with Crippen molar-refractivity contribution >= 4 is 11.9 Å². The van der Waals surface area contributed by atoms with Crippen LogP contribution in [0.2, 0.25) is 0 Å². The number of benzene rings is 2. The molecule has 1 N–H and O–H groups in total. The smallest absolute Gasteiger partial charge is 0.462 e. The number of unbranched alkanes of at least 4 members (excludes halogenated alkanes) is 1. The monoisotopic (exact) mass is 462 g/mol. The molecule has 0 atom stereocenters. The number of esters is 1. The third kappa shape index (κ3) is 7.95. The maximum Gasteiger partial charge on any atom is 0.573 e. The van der Waals surface area contributed by atoms with Crippen LogP contribution in [-0.2, 0) is 17.8 Å². The Morgan fingerprint density at radius 2 is 1.82 bits per heavy atom. The molecule has 0 unspecified atom stereocenters. The Morgan fingerprint density at radius 3 is 2.58 bits per heavy atom. The van der Waals surface area contributed by atoms with Crippen LogP contribution in [0.5, 0.6) is 5.75 Å². The van der Waals surface area contributed by atoms with Gasteiger partial charge < -0.3 is 14.8 Å². The van der Waals surface area contributed by atoms with Crippen LogP contribution in [0.1, 0.15) is 39.3 Å². The Labute approximate surface area is 187 Å². The number of carbonyl (C=O) groups is 2.